The minimum atomic E-state index is -0.220. The number of benzene rings is 1. The van der Waals surface area contributed by atoms with E-state index in [4.69, 9.17) is 9.47 Å². The van der Waals surface area contributed by atoms with Crippen molar-refractivity contribution in [1.82, 2.24) is 14.3 Å². The SMILES string of the molecule is COc1ccc(OC)c2c1cc1c(=O)n(Cc3cccs3)c(C(=O)NC3CCCCCC3)cn12. The second kappa shape index (κ2) is 9.54. The van der Waals surface area contributed by atoms with Gasteiger partial charge in [0, 0.05) is 22.5 Å². The number of hydrogen-bond acceptors (Lipinski definition) is 5. The third kappa shape index (κ3) is 4.07. The third-order valence-electron chi connectivity index (χ3n) is 6.68. The van der Waals surface area contributed by atoms with E-state index in [1.807, 2.05) is 35.7 Å². The molecule has 0 radical (unpaired) electrons. The largest absolute Gasteiger partial charge is 0.496 e. The smallest absolute Gasteiger partial charge is 0.275 e. The summed E-state index contributed by atoms with van der Waals surface area (Å²) >= 11 is 1.57. The molecule has 1 aliphatic carbocycles. The van der Waals surface area contributed by atoms with Crippen molar-refractivity contribution >= 4 is 33.7 Å². The van der Waals surface area contributed by atoms with Gasteiger partial charge < -0.3 is 19.2 Å². The summed E-state index contributed by atoms with van der Waals surface area (Å²) in [6.07, 6.45) is 8.36. The lowest BCUT2D eigenvalue weighted by atomic mass is 10.1. The lowest BCUT2D eigenvalue weighted by Crippen LogP contribution is -2.38. The molecule has 1 N–H and O–H groups in total. The average molecular weight is 480 g/mol. The standard InChI is InChI=1S/C26H29N3O4S/c1-32-22-11-12-23(33-2)24-19(22)14-20-26(31)29(15-18-10-7-13-34-18)21(16-28(20)24)25(30)27-17-8-5-3-4-6-9-17/h7,10-14,16-17H,3-6,8-9,15H2,1-2H3,(H,27,30). The lowest BCUT2D eigenvalue weighted by Gasteiger charge is -2.19. The Kier molecular flexibility index (Phi) is 6.32. The minimum Gasteiger partial charge on any atom is -0.496 e. The zero-order valence-electron chi connectivity index (χ0n) is 19.5. The number of aromatic nitrogens is 2. The maximum atomic E-state index is 13.8. The van der Waals surface area contributed by atoms with Crippen molar-refractivity contribution in [2.75, 3.05) is 14.2 Å². The van der Waals surface area contributed by atoms with E-state index in [1.165, 1.54) is 12.8 Å². The van der Waals surface area contributed by atoms with Gasteiger partial charge in [-0.2, -0.15) is 0 Å². The number of amides is 1. The van der Waals surface area contributed by atoms with Gasteiger partial charge in [-0.15, -0.1) is 11.3 Å². The van der Waals surface area contributed by atoms with E-state index in [9.17, 15) is 9.59 Å². The Balaban J connectivity index is 1.70. The predicted octanol–water partition coefficient (Wildman–Crippen LogP) is 4.83. The van der Waals surface area contributed by atoms with E-state index in [-0.39, 0.29) is 17.5 Å². The lowest BCUT2D eigenvalue weighted by molar-refractivity contribution is 0.0922. The van der Waals surface area contributed by atoms with Crippen LogP contribution >= 0.6 is 11.3 Å². The molecule has 0 atom stereocenters. The van der Waals surface area contributed by atoms with E-state index in [2.05, 4.69) is 5.32 Å². The van der Waals surface area contributed by atoms with Crippen molar-refractivity contribution in [2.24, 2.45) is 0 Å². The summed E-state index contributed by atoms with van der Waals surface area (Å²) in [5.74, 6) is 1.04. The van der Waals surface area contributed by atoms with Crippen LogP contribution in [0.3, 0.4) is 0 Å². The van der Waals surface area contributed by atoms with E-state index in [1.54, 1.807) is 40.7 Å². The number of carbonyl (C=O) groups excluding carboxylic acids is 1. The number of rotatable bonds is 6. The summed E-state index contributed by atoms with van der Waals surface area (Å²) in [5.41, 5.74) is 1.31. The molecule has 4 aromatic rings. The topological polar surface area (TPSA) is 74.0 Å². The Bertz CT molecular complexity index is 1380. The second-order valence-electron chi connectivity index (χ2n) is 8.78. The van der Waals surface area contributed by atoms with Gasteiger partial charge in [0.05, 0.1) is 26.3 Å². The van der Waals surface area contributed by atoms with Crippen LogP contribution in [0, 0.1) is 0 Å². The number of thiophene rings is 1. The van der Waals surface area contributed by atoms with Gasteiger partial charge in [-0.1, -0.05) is 31.7 Å². The number of hydrogen-bond donors (Lipinski definition) is 1. The fourth-order valence-electron chi connectivity index (χ4n) is 4.95. The Morgan fingerprint density at radius 1 is 1.09 bits per heavy atom. The number of nitrogens with zero attached hydrogens (tertiary/aromatic N) is 2. The number of methoxy groups -OCH3 is 2. The Labute approximate surface area is 201 Å². The summed E-state index contributed by atoms with van der Waals surface area (Å²) in [5, 5.41) is 5.96. The van der Waals surface area contributed by atoms with Crippen molar-refractivity contribution < 1.29 is 14.3 Å². The molecule has 178 valence electrons. The van der Waals surface area contributed by atoms with Gasteiger partial charge >= 0.3 is 0 Å². The van der Waals surface area contributed by atoms with Gasteiger partial charge in [0.15, 0.2) is 0 Å². The molecule has 0 unspecified atom stereocenters. The highest BCUT2D eigenvalue weighted by Crippen LogP contribution is 2.35. The van der Waals surface area contributed by atoms with Crippen LogP contribution in [0.2, 0.25) is 0 Å². The Hall–Kier alpha value is -3.26. The van der Waals surface area contributed by atoms with Crippen LogP contribution in [0.5, 0.6) is 11.5 Å². The highest BCUT2D eigenvalue weighted by atomic mass is 32.1. The Morgan fingerprint density at radius 3 is 2.50 bits per heavy atom. The highest BCUT2D eigenvalue weighted by Gasteiger charge is 2.23. The van der Waals surface area contributed by atoms with Crippen LogP contribution in [0.4, 0.5) is 0 Å². The quantitative estimate of drug-likeness (QED) is 0.402. The summed E-state index contributed by atoms with van der Waals surface area (Å²) in [7, 11) is 3.20. The molecule has 1 fully saturated rings. The van der Waals surface area contributed by atoms with E-state index < -0.39 is 0 Å². The van der Waals surface area contributed by atoms with Crippen molar-refractivity contribution in [3.63, 3.8) is 0 Å². The fourth-order valence-corrected chi connectivity index (χ4v) is 5.64. The molecule has 0 saturated heterocycles. The maximum absolute atomic E-state index is 13.8. The molecular formula is C26H29N3O4S. The van der Waals surface area contributed by atoms with Gasteiger partial charge in [0.2, 0.25) is 0 Å². The molecule has 1 aromatic carbocycles. The van der Waals surface area contributed by atoms with Crippen LogP contribution in [-0.2, 0) is 6.54 Å². The van der Waals surface area contributed by atoms with Gasteiger partial charge in [-0.3, -0.25) is 14.2 Å². The minimum absolute atomic E-state index is 0.132. The summed E-state index contributed by atoms with van der Waals surface area (Å²) in [6.45, 7) is 0.343. The summed E-state index contributed by atoms with van der Waals surface area (Å²) in [6, 6.07) is 9.52. The maximum Gasteiger partial charge on any atom is 0.275 e. The first-order valence-electron chi connectivity index (χ1n) is 11.7. The van der Waals surface area contributed by atoms with Crippen molar-refractivity contribution in [2.45, 2.75) is 51.1 Å². The molecule has 5 rings (SSSR count). The average Bonchev–Trinajstić information content (AvgIpc) is 3.42. The molecule has 0 spiro atoms. The predicted molar refractivity (Wildman–Crippen MR) is 135 cm³/mol. The Morgan fingerprint density at radius 2 is 1.82 bits per heavy atom. The fraction of sp³-hybridized carbons (Fsp3) is 0.385. The van der Waals surface area contributed by atoms with Crippen molar-refractivity contribution in [3.8, 4) is 11.5 Å². The summed E-state index contributed by atoms with van der Waals surface area (Å²) < 4.78 is 14.5. The van der Waals surface area contributed by atoms with Crippen molar-refractivity contribution in [3.05, 3.63) is 62.8 Å². The normalized spacial score (nSPS) is 14.9. The molecule has 0 aliphatic heterocycles. The van der Waals surface area contributed by atoms with Gasteiger partial charge in [0.25, 0.3) is 11.5 Å². The molecule has 8 heteroatoms. The first-order valence-corrected chi connectivity index (χ1v) is 12.6. The second-order valence-corrected chi connectivity index (χ2v) is 9.81. The van der Waals surface area contributed by atoms with Crippen LogP contribution in [0.1, 0.15) is 53.9 Å². The van der Waals surface area contributed by atoms with Crippen LogP contribution in [0.15, 0.2) is 46.7 Å². The van der Waals surface area contributed by atoms with Gasteiger partial charge in [-0.25, -0.2) is 0 Å². The molecule has 3 aromatic heterocycles. The van der Waals surface area contributed by atoms with Crippen LogP contribution in [-0.4, -0.2) is 35.1 Å². The third-order valence-corrected chi connectivity index (χ3v) is 7.55. The van der Waals surface area contributed by atoms with E-state index >= 15 is 0 Å². The zero-order valence-corrected chi connectivity index (χ0v) is 20.3. The molecule has 34 heavy (non-hydrogen) atoms. The molecule has 1 saturated carbocycles. The van der Waals surface area contributed by atoms with Gasteiger partial charge in [-0.05, 0) is 42.5 Å². The molecule has 7 nitrogen and oxygen atoms in total. The molecule has 0 bridgehead atoms. The number of nitrogens with one attached hydrogen (secondary N) is 1. The first-order chi connectivity index (χ1) is 16.6. The molecule has 1 aliphatic rings. The number of ether oxygens (including phenoxy) is 2. The van der Waals surface area contributed by atoms with Gasteiger partial charge in [0.1, 0.15) is 22.7 Å². The molecule has 1 amide bonds. The summed E-state index contributed by atoms with van der Waals surface area (Å²) in [4.78, 5) is 28.4. The highest BCUT2D eigenvalue weighted by molar-refractivity contribution is 7.09. The molecular weight excluding hydrogens is 450 g/mol. The monoisotopic (exact) mass is 479 g/mol. The van der Waals surface area contributed by atoms with Crippen LogP contribution in [0.25, 0.3) is 16.4 Å². The van der Waals surface area contributed by atoms with Crippen molar-refractivity contribution in [1.29, 1.82) is 0 Å². The number of fused-ring (bicyclic) bond motifs is 3. The van der Waals surface area contributed by atoms with E-state index in [0.29, 0.717) is 34.8 Å². The number of carbonyl (C=O) groups is 1. The first kappa shape index (κ1) is 22.5. The van der Waals surface area contributed by atoms with Crippen LogP contribution < -0.4 is 20.3 Å². The zero-order chi connectivity index (χ0) is 23.7. The molecule has 3 heterocycles. The van der Waals surface area contributed by atoms with E-state index in [0.717, 1.165) is 35.9 Å².